The number of hydrogen-bond donors (Lipinski definition) is 2. The smallest absolute Gasteiger partial charge is 0.410 e. The van der Waals surface area contributed by atoms with E-state index in [-0.39, 0.29) is 18.2 Å². The van der Waals surface area contributed by atoms with Crippen LogP contribution in [-0.4, -0.2) is 59.5 Å². The van der Waals surface area contributed by atoms with Crippen LogP contribution in [0.2, 0.25) is 0 Å². The van der Waals surface area contributed by atoms with Crippen LogP contribution in [-0.2, 0) is 4.74 Å². The van der Waals surface area contributed by atoms with E-state index in [0.29, 0.717) is 43.2 Å². The number of rotatable bonds is 4. The molecular weight excluding hydrogens is 346 g/mol. The van der Waals surface area contributed by atoms with Crippen molar-refractivity contribution in [3.8, 4) is 0 Å². The number of urea groups is 1. The second kappa shape index (κ2) is 8.02. The van der Waals surface area contributed by atoms with Gasteiger partial charge < -0.3 is 20.7 Å². The Hall–Kier alpha value is -2.51. The minimum absolute atomic E-state index is 0.170. The van der Waals surface area contributed by atoms with E-state index in [0.717, 1.165) is 12.0 Å². The number of likely N-dealkylation sites (tertiary alicyclic amines) is 1. The zero-order valence-electron chi connectivity index (χ0n) is 17.0. The molecule has 0 bridgehead atoms. The zero-order chi connectivity index (χ0) is 20.4. The molecule has 3 N–H and O–H groups in total. The average molecular weight is 377 g/mol. The molecule has 2 rings (SSSR count). The van der Waals surface area contributed by atoms with Gasteiger partial charge in [0.05, 0.1) is 6.04 Å². The van der Waals surface area contributed by atoms with Crippen molar-refractivity contribution in [3.63, 3.8) is 0 Å². The van der Waals surface area contributed by atoms with Crippen molar-refractivity contribution in [1.29, 1.82) is 0 Å². The normalized spacial score (nSPS) is 23.7. The third kappa shape index (κ3) is 4.81. The molecule has 1 atom stereocenters. The third-order valence-corrected chi connectivity index (χ3v) is 4.56. The Bertz CT molecular complexity index is 690. The highest BCUT2D eigenvalue weighted by Crippen LogP contribution is 2.25. The van der Waals surface area contributed by atoms with E-state index in [4.69, 9.17) is 10.5 Å². The summed E-state index contributed by atoms with van der Waals surface area (Å²) < 4.78 is 5.43. The molecule has 2 aliphatic heterocycles. The molecule has 0 saturated carbocycles. The summed E-state index contributed by atoms with van der Waals surface area (Å²) in [5.74, 6) is 0.512. The van der Waals surface area contributed by atoms with E-state index >= 15 is 0 Å². The van der Waals surface area contributed by atoms with Gasteiger partial charge in [0.25, 0.3) is 0 Å². The van der Waals surface area contributed by atoms with Crippen LogP contribution in [0, 0.1) is 0 Å². The van der Waals surface area contributed by atoms with Crippen molar-refractivity contribution in [2.45, 2.75) is 58.6 Å². The second-order valence-electron chi connectivity index (χ2n) is 7.90. The predicted octanol–water partition coefficient (Wildman–Crippen LogP) is 2.58. The number of nitrogens with two attached hydrogens (primary N) is 1. The molecule has 0 radical (unpaired) electrons. The lowest BCUT2D eigenvalue weighted by Gasteiger charge is -2.26. The molecule has 0 aromatic carbocycles. The van der Waals surface area contributed by atoms with Crippen LogP contribution in [0.4, 0.5) is 9.59 Å². The maximum Gasteiger partial charge on any atom is 0.410 e. The van der Waals surface area contributed by atoms with Gasteiger partial charge in [-0.15, -0.1) is 0 Å². The number of amidine groups is 1. The molecule has 8 nitrogen and oxygen atoms in total. The number of ether oxygens (including phenoxy) is 1. The highest BCUT2D eigenvalue weighted by molar-refractivity contribution is 6.15. The number of carbonyl (C=O) groups is 2. The first-order chi connectivity index (χ1) is 12.6. The molecule has 2 aliphatic rings. The van der Waals surface area contributed by atoms with E-state index < -0.39 is 5.60 Å². The van der Waals surface area contributed by atoms with Crippen LogP contribution >= 0.6 is 0 Å². The van der Waals surface area contributed by atoms with Gasteiger partial charge >= 0.3 is 12.1 Å². The van der Waals surface area contributed by atoms with Crippen molar-refractivity contribution in [2.24, 2.45) is 10.7 Å². The Balaban J connectivity index is 2.15. The van der Waals surface area contributed by atoms with E-state index in [1.54, 1.807) is 16.8 Å². The van der Waals surface area contributed by atoms with Crippen molar-refractivity contribution in [2.75, 3.05) is 20.1 Å². The van der Waals surface area contributed by atoms with Crippen LogP contribution < -0.4 is 11.1 Å². The number of nitrogens with zero attached hydrogens (tertiary/aromatic N) is 3. The molecule has 0 aliphatic carbocycles. The lowest BCUT2D eigenvalue weighted by atomic mass is 10.1. The second-order valence-corrected chi connectivity index (χ2v) is 7.90. The van der Waals surface area contributed by atoms with Crippen molar-refractivity contribution >= 4 is 18.0 Å². The lowest BCUT2D eigenvalue weighted by molar-refractivity contribution is 0.0287. The van der Waals surface area contributed by atoms with Gasteiger partial charge in [-0.05, 0) is 33.6 Å². The largest absolute Gasteiger partial charge is 0.444 e. The Morgan fingerprint density at radius 1 is 1.44 bits per heavy atom. The van der Waals surface area contributed by atoms with E-state index in [9.17, 15) is 9.59 Å². The summed E-state index contributed by atoms with van der Waals surface area (Å²) in [6.45, 7) is 12.4. The first kappa shape index (κ1) is 20.8. The molecule has 0 unspecified atom stereocenters. The number of aliphatic imine (C=N–C) groups is 1. The van der Waals surface area contributed by atoms with Crippen LogP contribution in [0.1, 0.15) is 47.0 Å². The van der Waals surface area contributed by atoms with Gasteiger partial charge in [0.2, 0.25) is 0 Å². The van der Waals surface area contributed by atoms with Gasteiger partial charge in [-0.2, -0.15) is 0 Å². The molecule has 27 heavy (non-hydrogen) atoms. The van der Waals surface area contributed by atoms with Gasteiger partial charge in [-0.1, -0.05) is 19.1 Å². The Labute approximate surface area is 161 Å². The van der Waals surface area contributed by atoms with Crippen molar-refractivity contribution < 1.29 is 14.3 Å². The lowest BCUT2D eigenvalue weighted by Crippen LogP contribution is -2.43. The fourth-order valence-electron chi connectivity index (χ4n) is 3.15. The van der Waals surface area contributed by atoms with Gasteiger partial charge in [-0.25, -0.2) is 9.59 Å². The van der Waals surface area contributed by atoms with Crippen LogP contribution in [0.25, 0.3) is 0 Å². The minimum Gasteiger partial charge on any atom is -0.444 e. The summed E-state index contributed by atoms with van der Waals surface area (Å²) in [5, 5.41) is 2.83. The summed E-state index contributed by atoms with van der Waals surface area (Å²) in [6.07, 6.45) is 1.61. The summed E-state index contributed by atoms with van der Waals surface area (Å²) in [6, 6.07) is -0.442. The van der Waals surface area contributed by atoms with E-state index in [1.807, 2.05) is 27.7 Å². The summed E-state index contributed by atoms with van der Waals surface area (Å²) in [7, 11) is 1.63. The first-order valence-corrected chi connectivity index (χ1v) is 9.28. The molecule has 8 heteroatoms. The summed E-state index contributed by atoms with van der Waals surface area (Å²) >= 11 is 0. The number of hydrogen-bond acceptors (Lipinski definition) is 5. The molecule has 2 saturated heterocycles. The van der Waals surface area contributed by atoms with Crippen molar-refractivity contribution in [1.82, 2.24) is 15.1 Å². The van der Waals surface area contributed by atoms with Crippen LogP contribution in [0.15, 0.2) is 28.5 Å². The van der Waals surface area contributed by atoms with Crippen molar-refractivity contribution in [3.05, 3.63) is 23.5 Å². The average Bonchev–Trinajstić information content (AvgIpc) is 3.16. The summed E-state index contributed by atoms with van der Waals surface area (Å²) in [4.78, 5) is 32.4. The topological polar surface area (TPSA) is 100 Å². The van der Waals surface area contributed by atoms with Gasteiger partial charge in [0.1, 0.15) is 11.3 Å². The van der Waals surface area contributed by atoms with Gasteiger partial charge in [0, 0.05) is 32.3 Å². The monoisotopic (exact) mass is 377 g/mol. The minimum atomic E-state index is -0.553. The maximum atomic E-state index is 12.6. The van der Waals surface area contributed by atoms with Crippen LogP contribution in [0.5, 0.6) is 0 Å². The molecule has 0 spiro atoms. The molecule has 0 aromatic heterocycles. The van der Waals surface area contributed by atoms with Gasteiger partial charge in [-0.3, -0.25) is 9.89 Å². The SMILES string of the molecule is C=C(CC)C/C(N)=C1/NC(=O)N([C@@H]2CCN(C(=O)OC(C)(C)C)C2)/C1=N/C. The number of nitrogens with one attached hydrogen (secondary N) is 1. The molecule has 150 valence electrons. The molecule has 0 aromatic rings. The number of allylic oxidation sites excluding steroid dienone is 1. The fraction of sp³-hybridized carbons (Fsp3) is 0.632. The first-order valence-electron chi connectivity index (χ1n) is 9.28. The summed E-state index contributed by atoms with van der Waals surface area (Å²) in [5.41, 5.74) is 7.71. The standard InChI is InChI=1S/C19H31N5O3/c1-7-12(2)10-14(20)15-16(21-6)24(17(25)22-15)13-8-9-23(11-13)18(26)27-19(3,4)5/h13H,2,7-11,20H2,1,3-6H3,(H,22,25)/b15-14-,21-16+/t13-/m1/s1. The predicted molar refractivity (Wildman–Crippen MR) is 105 cm³/mol. The Morgan fingerprint density at radius 2 is 2.11 bits per heavy atom. The molecule has 2 fully saturated rings. The number of carbonyl (C=O) groups excluding carboxylic acids is 2. The molecule has 3 amide bonds. The van der Waals surface area contributed by atoms with E-state index in [2.05, 4.69) is 16.9 Å². The van der Waals surface area contributed by atoms with E-state index in [1.165, 1.54) is 0 Å². The quantitative estimate of drug-likeness (QED) is 0.735. The highest BCUT2D eigenvalue weighted by Gasteiger charge is 2.42. The fourth-order valence-corrected chi connectivity index (χ4v) is 3.15. The Kier molecular flexibility index (Phi) is 6.18. The zero-order valence-corrected chi connectivity index (χ0v) is 17.0. The number of amides is 3. The van der Waals surface area contributed by atoms with Gasteiger partial charge in [0.15, 0.2) is 5.84 Å². The van der Waals surface area contributed by atoms with Crippen LogP contribution in [0.3, 0.4) is 0 Å². The maximum absolute atomic E-state index is 12.6. The molecule has 2 heterocycles. The Morgan fingerprint density at radius 3 is 2.67 bits per heavy atom. The highest BCUT2D eigenvalue weighted by atomic mass is 16.6. The third-order valence-electron chi connectivity index (χ3n) is 4.56. The molecular formula is C19H31N5O3.